The van der Waals surface area contributed by atoms with Crippen LogP contribution in [0.15, 0.2) is 91.1 Å². The molecule has 0 aliphatic heterocycles. The third kappa shape index (κ3) is 6.60. The van der Waals surface area contributed by atoms with Crippen LogP contribution < -0.4 is 5.32 Å². The second kappa shape index (κ2) is 13.0. The Morgan fingerprint density at radius 2 is 1.77 bits per heavy atom. The van der Waals surface area contributed by atoms with E-state index < -0.39 is 0 Å². The zero-order valence-electron chi connectivity index (χ0n) is 21.6. The van der Waals surface area contributed by atoms with Gasteiger partial charge in [-0.1, -0.05) is 90.3 Å². The lowest BCUT2D eigenvalue weighted by Crippen LogP contribution is -2.37. The second-order valence-corrected chi connectivity index (χ2v) is 11.7. The van der Waals surface area contributed by atoms with Crippen molar-refractivity contribution in [3.05, 3.63) is 117 Å². The van der Waals surface area contributed by atoms with Crippen molar-refractivity contribution in [2.24, 2.45) is 0 Å². The molecule has 1 amide bonds. The first kappa shape index (κ1) is 28.4. The van der Waals surface area contributed by atoms with Crippen molar-refractivity contribution < 1.29 is 9.53 Å². The monoisotopic (exact) mass is 609 g/mol. The van der Waals surface area contributed by atoms with Crippen molar-refractivity contribution in [3.8, 4) is 27.4 Å². The van der Waals surface area contributed by atoms with E-state index in [1.54, 1.807) is 29.1 Å². The van der Waals surface area contributed by atoms with Crippen molar-refractivity contribution in [2.45, 2.75) is 26.0 Å². The first-order chi connectivity index (χ1) is 19.4. The van der Waals surface area contributed by atoms with E-state index in [-0.39, 0.29) is 11.9 Å². The molecular weight excluding hydrogens is 585 g/mol. The van der Waals surface area contributed by atoms with Crippen molar-refractivity contribution >= 4 is 52.0 Å². The Morgan fingerprint density at radius 3 is 2.50 bits per heavy atom. The number of nitrogens with one attached hydrogen (secondary N) is 1. The number of halogens is 3. The van der Waals surface area contributed by atoms with Gasteiger partial charge >= 0.3 is 0 Å². The molecule has 0 fully saturated rings. The van der Waals surface area contributed by atoms with E-state index in [4.69, 9.17) is 39.5 Å². The average molecular weight is 611 g/mol. The molecule has 5 aromatic rings. The summed E-state index contributed by atoms with van der Waals surface area (Å²) in [6, 6.07) is 26.8. The molecule has 0 bridgehead atoms. The van der Waals surface area contributed by atoms with E-state index in [1.807, 2.05) is 73.7 Å². The number of benzene rings is 3. The second-order valence-electron chi connectivity index (χ2n) is 9.18. The third-order valence-corrected chi connectivity index (χ3v) is 8.22. The maximum atomic E-state index is 13.7. The summed E-state index contributed by atoms with van der Waals surface area (Å²) in [6.07, 6.45) is 2.28. The Bertz CT molecular complexity index is 1620. The van der Waals surface area contributed by atoms with Crippen LogP contribution in [0.2, 0.25) is 14.4 Å². The molecule has 0 unspecified atom stereocenters. The van der Waals surface area contributed by atoms with E-state index in [9.17, 15) is 4.79 Å². The van der Waals surface area contributed by atoms with Crippen molar-refractivity contribution in [2.75, 3.05) is 6.61 Å². The van der Waals surface area contributed by atoms with Gasteiger partial charge in [-0.25, -0.2) is 4.68 Å². The fourth-order valence-corrected chi connectivity index (χ4v) is 5.86. The van der Waals surface area contributed by atoms with E-state index in [0.29, 0.717) is 51.0 Å². The van der Waals surface area contributed by atoms with Crippen molar-refractivity contribution in [3.63, 3.8) is 0 Å². The standard InChI is InChI=1S/C31H26Cl3N3O2S/c1-2-24(19-39-18-20-7-4-3-5-8-20)36-31(38)25-17-35-37(27-12-11-23(32)16-26(27)33)30(25)22-10-6-9-21(15-22)28-13-14-29(34)40-28/h3-17,24H,2,18-19H2,1H3,(H,36,38)/t24-/m1/s1. The smallest absolute Gasteiger partial charge is 0.255 e. The third-order valence-electron chi connectivity index (χ3n) is 6.40. The van der Waals surface area contributed by atoms with Gasteiger partial charge < -0.3 is 10.1 Å². The van der Waals surface area contributed by atoms with E-state index in [2.05, 4.69) is 10.4 Å². The summed E-state index contributed by atoms with van der Waals surface area (Å²) in [5.74, 6) is -0.244. The van der Waals surface area contributed by atoms with Crippen LogP contribution in [0.25, 0.3) is 27.4 Å². The van der Waals surface area contributed by atoms with E-state index in [0.717, 1.165) is 21.6 Å². The number of ether oxygens (including phenoxy) is 1. The molecular formula is C31H26Cl3N3O2S. The SMILES string of the molecule is CC[C@H](COCc1ccccc1)NC(=O)c1cnn(-c2ccc(Cl)cc2Cl)c1-c1cccc(-c2ccc(Cl)s2)c1. The number of amides is 1. The quantitative estimate of drug-likeness (QED) is 0.172. The number of aromatic nitrogens is 2. The van der Waals surface area contributed by atoms with Gasteiger partial charge in [0.15, 0.2) is 0 Å². The number of thiophene rings is 1. The van der Waals surface area contributed by atoms with Gasteiger partial charge in [0.05, 0.1) is 51.8 Å². The summed E-state index contributed by atoms with van der Waals surface area (Å²) in [5, 5.41) is 8.66. The number of carbonyl (C=O) groups is 1. The molecule has 1 N–H and O–H groups in total. The Morgan fingerprint density at radius 1 is 0.975 bits per heavy atom. The minimum Gasteiger partial charge on any atom is -0.375 e. The Balaban J connectivity index is 1.47. The average Bonchev–Trinajstić information content (AvgIpc) is 3.60. The van der Waals surface area contributed by atoms with Crippen molar-refractivity contribution in [1.29, 1.82) is 0 Å². The summed E-state index contributed by atoms with van der Waals surface area (Å²) in [7, 11) is 0. The molecule has 2 heterocycles. The van der Waals surface area contributed by atoms with Gasteiger partial charge in [-0.05, 0) is 53.9 Å². The molecule has 0 saturated carbocycles. The highest BCUT2D eigenvalue weighted by atomic mass is 35.5. The normalized spacial score (nSPS) is 11.9. The Hall–Kier alpha value is -3.13. The number of hydrogen-bond acceptors (Lipinski definition) is 4. The van der Waals surface area contributed by atoms with Gasteiger partial charge in [0, 0.05) is 15.5 Å². The molecule has 9 heteroatoms. The molecule has 0 spiro atoms. The molecule has 5 nitrogen and oxygen atoms in total. The lowest BCUT2D eigenvalue weighted by Gasteiger charge is -2.18. The predicted octanol–water partition coefficient (Wildman–Crippen LogP) is 8.95. The predicted molar refractivity (Wildman–Crippen MR) is 165 cm³/mol. The van der Waals surface area contributed by atoms with E-state index in [1.165, 1.54) is 11.3 Å². The summed E-state index contributed by atoms with van der Waals surface area (Å²) >= 11 is 20.4. The molecule has 0 aliphatic rings. The molecule has 1 atom stereocenters. The summed E-state index contributed by atoms with van der Waals surface area (Å²) in [6.45, 7) is 2.88. The molecule has 204 valence electrons. The zero-order valence-corrected chi connectivity index (χ0v) is 24.7. The fourth-order valence-electron chi connectivity index (χ4n) is 4.34. The van der Waals surface area contributed by atoms with Crippen LogP contribution in [0.4, 0.5) is 0 Å². The highest BCUT2D eigenvalue weighted by Gasteiger charge is 2.23. The van der Waals surface area contributed by atoms with Gasteiger partial charge in [-0.2, -0.15) is 5.10 Å². The van der Waals surface area contributed by atoms with Crippen LogP contribution in [0.5, 0.6) is 0 Å². The van der Waals surface area contributed by atoms with E-state index >= 15 is 0 Å². The number of hydrogen-bond donors (Lipinski definition) is 1. The minimum atomic E-state index is -0.244. The Labute approximate surface area is 252 Å². The summed E-state index contributed by atoms with van der Waals surface area (Å²) in [4.78, 5) is 14.7. The van der Waals surface area contributed by atoms with Gasteiger partial charge in [0.25, 0.3) is 5.91 Å². The fraction of sp³-hybridized carbons (Fsp3) is 0.161. The summed E-state index contributed by atoms with van der Waals surface area (Å²) in [5.41, 5.74) is 4.53. The van der Waals surface area contributed by atoms with Crippen LogP contribution in [0.3, 0.4) is 0 Å². The number of carbonyl (C=O) groups excluding carboxylic acids is 1. The Kier molecular flexibility index (Phi) is 9.25. The lowest BCUT2D eigenvalue weighted by molar-refractivity contribution is 0.0792. The molecule has 0 saturated heterocycles. The number of nitrogens with zero attached hydrogens (tertiary/aromatic N) is 2. The van der Waals surface area contributed by atoms with Crippen LogP contribution in [0, 0.1) is 0 Å². The molecule has 0 aliphatic carbocycles. The lowest BCUT2D eigenvalue weighted by atomic mass is 10.0. The first-order valence-electron chi connectivity index (χ1n) is 12.7. The van der Waals surface area contributed by atoms with Crippen LogP contribution in [0.1, 0.15) is 29.3 Å². The van der Waals surface area contributed by atoms with Gasteiger partial charge in [0.2, 0.25) is 0 Å². The molecule has 5 rings (SSSR count). The topological polar surface area (TPSA) is 56.1 Å². The van der Waals surface area contributed by atoms with Gasteiger partial charge in [-0.15, -0.1) is 11.3 Å². The van der Waals surface area contributed by atoms with Crippen LogP contribution >= 0.6 is 46.1 Å². The molecule has 40 heavy (non-hydrogen) atoms. The maximum Gasteiger partial charge on any atom is 0.255 e. The summed E-state index contributed by atoms with van der Waals surface area (Å²) < 4.78 is 8.31. The van der Waals surface area contributed by atoms with Crippen molar-refractivity contribution in [1.82, 2.24) is 15.1 Å². The van der Waals surface area contributed by atoms with Crippen LogP contribution in [-0.4, -0.2) is 28.3 Å². The van der Waals surface area contributed by atoms with Gasteiger partial charge in [0.1, 0.15) is 0 Å². The highest BCUT2D eigenvalue weighted by molar-refractivity contribution is 7.19. The molecule has 0 radical (unpaired) electrons. The largest absolute Gasteiger partial charge is 0.375 e. The molecule has 3 aromatic carbocycles. The zero-order chi connectivity index (χ0) is 28.1. The maximum absolute atomic E-state index is 13.7. The van der Waals surface area contributed by atoms with Crippen LogP contribution in [-0.2, 0) is 11.3 Å². The minimum absolute atomic E-state index is 0.175. The molecule has 2 aromatic heterocycles. The van der Waals surface area contributed by atoms with Gasteiger partial charge in [-0.3, -0.25) is 4.79 Å². The highest BCUT2D eigenvalue weighted by Crippen LogP contribution is 2.36. The first-order valence-corrected chi connectivity index (χ1v) is 14.7. The number of rotatable bonds is 10.